The van der Waals surface area contributed by atoms with Crippen molar-refractivity contribution in [3.8, 4) is 0 Å². The number of pyridine rings is 1. The molecule has 21 heavy (non-hydrogen) atoms. The van der Waals surface area contributed by atoms with E-state index in [4.69, 9.17) is 10.9 Å². The molecule has 0 atom stereocenters. The van der Waals surface area contributed by atoms with Crippen molar-refractivity contribution in [3.05, 3.63) is 34.9 Å². The number of hydrogen-bond acceptors (Lipinski definition) is 4. The second-order valence-electron chi connectivity index (χ2n) is 5.65. The first-order valence-corrected chi connectivity index (χ1v) is 7.66. The number of amidine groups is 1. The second-order valence-corrected chi connectivity index (χ2v) is 6.57. The number of nitrogens with two attached hydrogens (primary N) is 1. The third-order valence-electron chi connectivity index (χ3n) is 3.97. The predicted octanol–water partition coefficient (Wildman–Crippen LogP) is 3.33. The van der Waals surface area contributed by atoms with E-state index in [1.165, 1.54) is 0 Å². The van der Waals surface area contributed by atoms with Crippen molar-refractivity contribution >= 4 is 38.4 Å². The maximum Gasteiger partial charge on any atom is 0.139 e. The highest BCUT2D eigenvalue weighted by atomic mass is 79.9. The zero-order valence-corrected chi connectivity index (χ0v) is 13.1. The average Bonchev–Trinajstić information content (AvgIpc) is 3.24. The fourth-order valence-electron chi connectivity index (χ4n) is 2.57. The summed E-state index contributed by atoms with van der Waals surface area (Å²) in [7, 11) is 0. The molecular formula is C15H17BrN4O. The lowest BCUT2D eigenvalue weighted by Gasteiger charge is -2.17. The van der Waals surface area contributed by atoms with Crippen molar-refractivity contribution in [2.24, 2.45) is 16.3 Å². The molecule has 2 aromatic rings. The van der Waals surface area contributed by atoms with Crippen LogP contribution in [-0.2, 0) is 0 Å². The number of anilines is 1. The summed E-state index contributed by atoms with van der Waals surface area (Å²) in [4.78, 5) is 4.48. The van der Waals surface area contributed by atoms with Crippen LogP contribution in [0.1, 0.15) is 19.3 Å². The SMILES string of the molecule is N/C(CC1(CNc2cccc3cc(Br)cnc23)CC1)=N/O. The van der Waals surface area contributed by atoms with Gasteiger partial charge in [-0.3, -0.25) is 4.98 Å². The molecular weight excluding hydrogens is 332 g/mol. The largest absolute Gasteiger partial charge is 0.409 e. The number of halogens is 1. The Labute approximate surface area is 131 Å². The zero-order chi connectivity index (χ0) is 14.9. The number of nitrogens with zero attached hydrogens (tertiary/aromatic N) is 2. The molecule has 1 aromatic heterocycles. The Morgan fingerprint density at radius 2 is 2.29 bits per heavy atom. The van der Waals surface area contributed by atoms with E-state index in [2.05, 4.69) is 37.5 Å². The van der Waals surface area contributed by atoms with Crippen LogP contribution >= 0.6 is 15.9 Å². The Kier molecular flexibility index (Phi) is 3.71. The Morgan fingerprint density at radius 1 is 1.48 bits per heavy atom. The number of oxime groups is 1. The van der Waals surface area contributed by atoms with Gasteiger partial charge in [-0.1, -0.05) is 17.3 Å². The van der Waals surface area contributed by atoms with Crippen LogP contribution in [0.5, 0.6) is 0 Å². The van der Waals surface area contributed by atoms with Crippen LogP contribution in [0, 0.1) is 5.41 Å². The van der Waals surface area contributed by atoms with Gasteiger partial charge in [0.1, 0.15) is 5.84 Å². The van der Waals surface area contributed by atoms with Gasteiger partial charge in [-0.15, -0.1) is 0 Å². The van der Waals surface area contributed by atoms with Gasteiger partial charge in [-0.25, -0.2) is 0 Å². The fourth-order valence-corrected chi connectivity index (χ4v) is 2.92. The molecule has 5 nitrogen and oxygen atoms in total. The topological polar surface area (TPSA) is 83.5 Å². The Balaban J connectivity index is 1.77. The maximum absolute atomic E-state index is 8.71. The number of hydrogen-bond donors (Lipinski definition) is 3. The van der Waals surface area contributed by atoms with Crippen LogP contribution in [0.4, 0.5) is 5.69 Å². The minimum atomic E-state index is 0.119. The quantitative estimate of drug-likeness (QED) is 0.335. The van der Waals surface area contributed by atoms with Crippen LogP contribution in [0.25, 0.3) is 10.9 Å². The van der Waals surface area contributed by atoms with E-state index in [0.717, 1.165) is 40.4 Å². The first-order valence-electron chi connectivity index (χ1n) is 6.86. The van der Waals surface area contributed by atoms with Gasteiger partial charge in [0.05, 0.1) is 11.2 Å². The van der Waals surface area contributed by atoms with Crippen LogP contribution in [0.15, 0.2) is 40.1 Å². The lowest BCUT2D eigenvalue weighted by Crippen LogP contribution is -2.23. The Morgan fingerprint density at radius 3 is 3.00 bits per heavy atom. The third kappa shape index (κ3) is 3.10. The predicted molar refractivity (Wildman–Crippen MR) is 87.6 cm³/mol. The van der Waals surface area contributed by atoms with E-state index in [1.807, 2.05) is 18.2 Å². The van der Waals surface area contributed by atoms with Gasteiger partial charge in [0.2, 0.25) is 0 Å². The molecule has 1 aliphatic rings. The summed E-state index contributed by atoms with van der Waals surface area (Å²) in [5.74, 6) is 0.300. The molecule has 1 fully saturated rings. The van der Waals surface area contributed by atoms with E-state index in [-0.39, 0.29) is 5.41 Å². The van der Waals surface area contributed by atoms with Crippen LogP contribution in [0.3, 0.4) is 0 Å². The zero-order valence-electron chi connectivity index (χ0n) is 11.5. The van der Waals surface area contributed by atoms with E-state index in [1.54, 1.807) is 6.20 Å². The van der Waals surface area contributed by atoms with Crippen molar-refractivity contribution in [3.63, 3.8) is 0 Å². The minimum absolute atomic E-state index is 0.119. The van der Waals surface area contributed by atoms with Crippen molar-refractivity contribution in [1.29, 1.82) is 0 Å². The summed E-state index contributed by atoms with van der Waals surface area (Å²) in [6.07, 6.45) is 4.62. The number of fused-ring (bicyclic) bond motifs is 1. The van der Waals surface area contributed by atoms with Gasteiger partial charge in [-0.05, 0) is 46.3 Å². The number of rotatable bonds is 5. The number of nitrogens with one attached hydrogen (secondary N) is 1. The molecule has 1 aliphatic carbocycles. The van der Waals surface area contributed by atoms with Crippen LogP contribution in [-0.4, -0.2) is 22.6 Å². The van der Waals surface area contributed by atoms with E-state index < -0.39 is 0 Å². The molecule has 0 bridgehead atoms. The molecule has 1 saturated carbocycles. The van der Waals surface area contributed by atoms with E-state index >= 15 is 0 Å². The molecule has 4 N–H and O–H groups in total. The minimum Gasteiger partial charge on any atom is -0.409 e. The molecule has 6 heteroatoms. The van der Waals surface area contributed by atoms with Crippen molar-refractivity contribution in [2.75, 3.05) is 11.9 Å². The summed E-state index contributed by atoms with van der Waals surface area (Å²) in [5.41, 5.74) is 7.73. The van der Waals surface area contributed by atoms with Gasteiger partial charge in [0.15, 0.2) is 0 Å². The summed E-state index contributed by atoms with van der Waals surface area (Å²) in [6.45, 7) is 0.806. The second kappa shape index (κ2) is 5.52. The highest BCUT2D eigenvalue weighted by molar-refractivity contribution is 9.10. The molecule has 0 radical (unpaired) electrons. The Bertz CT molecular complexity index is 697. The lowest BCUT2D eigenvalue weighted by atomic mass is 10.0. The van der Waals surface area contributed by atoms with Crippen LogP contribution in [0.2, 0.25) is 0 Å². The monoisotopic (exact) mass is 348 g/mol. The van der Waals surface area contributed by atoms with Gasteiger partial charge >= 0.3 is 0 Å². The highest BCUT2D eigenvalue weighted by Crippen LogP contribution is 2.48. The summed E-state index contributed by atoms with van der Waals surface area (Å²) >= 11 is 3.44. The van der Waals surface area contributed by atoms with Gasteiger partial charge < -0.3 is 16.3 Å². The molecule has 0 saturated heterocycles. The van der Waals surface area contributed by atoms with Gasteiger partial charge in [-0.2, -0.15) is 0 Å². The molecule has 0 amide bonds. The van der Waals surface area contributed by atoms with E-state index in [0.29, 0.717) is 12.3 Å². The highest BCUT2D eigenvalue weighted by Gasteiger charge is 2.43. The molecule has 0 unspecified atom stereocenters. The summed E-state index contributed by atoms with van der Waals surface area (Å²) in [6, 6.07) is 8.14. The molecule has 3 rings (SSSR count). The maximum atomic E-state index is 8.71. The van der Waals surface area contributed by atoms with Gasteiger partial charge in [0.25, 0.3) is 0 Å². The number of aromatic nitrogens is 1. The fraction of sp³-hybridized carbons (Fsp3) is 0.333. The first-order chi connectivity index (χ1) is 10.1. The summed E-state index contributed by atoms with van der Waals surface area (Å²) in [5, 5.41) is 16.3. The number of para-hydroxylation sites is 1. The van der Waals surface area contributed by atoms with Crippen molar-refractivity contribution in [1.82, 2.24) is 4.98 Å². The molecule has 110 valence electrons. The van der Waals surface area contributed by atoms with Gasteiger partial charge in [0, 0.05) is 29.0 Å². The summed E-state index contributed by atoms with van der Waals surface area (Å²) < 4.78 is 0.970. The van der Waals surface area contributed by atoms with Crippen LogP contribution < -0.4 is 11.1 Å². The smallest absolute Gasteiger partial charge is 0.139 e. The number of benzene rings is 1. The third-order valence-corrected chi connectivity index (χ3v) is 4.41. The molecule has 0 aliphatic heterocycles. The lowest BCUT2D eigenvalue weighted by molar-refractivity contribution is 0.315. The first kappa shape index (κ1) is 14.1. The Hall–Kier alpha value is -1.82. The molecule has 0 spiro atoms. The molecule has 1 heterocycles. The standard InChI is InChI=1S/C15H17BrN4O/c16-11-6-10-2-1-3-12(14(10)18-8-11)19-9-15(4-5-15)7-13(17)20-21/h1-3,6,8,19,21H,4-5,7,9H2,(H2,17,20). The van der Waals surface area contributed by atoms with Crippen molar-refractivity contribution < 1.29 is 5.21 Å². The van der Waals surface area contributed by atoms with Crippen molar-refractivity contribution in [2.45, 2.75) is 19.3 Å². The van der Waals surface area contributed by atoms with E-state index in [9.17, 15) is 0 Å². The average molecular weight is 349 g/mol. The normalized spacial score (nSPS) is 16.9. The molecule has 1 aromatic carbocycles.